The Morgan fingerprint density at radius 3 is 2.00 bits per heavy atom. The molecule has 0 aliphatic carbocycles. The standard InChI is InChI=1S/C25H20F9NO2S/c1-13-4-15(2-3-19(13)21(36)5-14-10-38(37)11-14)20-9-22(12-35-20,25(32,33)34)16-6-17(23(26,27)28)8-18(7-16)24(29,30)31/h2-4,6-8,14H,5,9-12H2,1H3. The van der Waals surface area contributed by atoms with E-state index in [1.165, 1.54) is 18.2 Å². The Labute approximate surface area is 213 Å². The second kappa shape index (κ2) is 9.49. The normalized spacial score (nSPS) is 24.2. The number of rotatable bonds is 5. The van der Waals surface area contributed by atoms with Crippen molar-refractivity contribution >= 4 is 22.3 Å². The second-order valence-corrected chi connectivity index (χ2v) is 11.2. The van der Waals surface area contributed by atoms with E-state index in [9.17, 15) is 48.5 Å². The van der Waals surface area contributed by atoms with Crippen LogP contribution in [-0.2, 0) is 28.6 Å². The number of carbonyl (C=O) groups is 1. The molecule has 2 aliphatic rings. The van der Waals surface area contributed by atoms with Gasteiger partial charge in [-0.2, -0.15) is 39.5 Å². The fourth-order valence-electron chi connectivity index (χ4n) is 4.72. The van der Waals surface area contributed by atoms with Crippen molar-refractivity contribution in [1.82, 2.24) is 0 Å². The molecule has 0 bridgehead atoms. The minimum Gasteiger partial charge on any atom is -0.294 e. The molecule has 0 amide bonds. The van der Waals surface area contributed by atoms with E-state index in [-0.39, 0.29) is 47.6 Å². The minimum atomic E-state index is -5.31. The summed E-state index contributed by atoms with van der Waals surface area (Å²) in [4.78, 5) is 16.5. The summed E-state index contributed by atoms with van der Waals surface area (Å²) in [5.74, 6) is 0.607. The van der Waals surface area contributed by atoms with Crippen molar-refractivity contribution in [2.24, 2.45) is 10.9 Å². The molecule has 1 saturated heterocycles. The van der Waals surface area contributed by atoms with Gasteiger partial charge in [0.05, 0.1) is 17.7 Å². The van der Waals surface area contributed by atoms with Gasteiger partial charge < -0.3 is 0 Å². The Balaban J connectivity index is 1.68. The van der Waals surface area contributed by atoms with Gasteiger partial charge in [-0.15, -0.1) is 0 Å². The molecule has 2 aromatic carbocycles. The van der Waals surface area contributed by atoms with E-state index in [2.05, 4.69) is 4.99 Å². The molecular weight excluding hydrogens is 549 g/mol. The van der Waals surface area contributed by atoms with Gasteiger partial charge in [0.25, 0.3) is 0 Å². The van der Waals surface area contributed by atoms with E-state index >= 15 is 0 Å². The Morgan fingerprint density at radius 2 is 1.53 bits per heavy atom. The molecule has 206 valence electrons. The van der Waals surface area contributed by atoms with Crippen LogP contribution in [0, 0.1) is 12.8 Å². The van der Waals surface area contributed by atoms with Crippen molar-refractivity contribution in [3.8, 4) is 0 Å². The SMILES string of the molecule is Cc1cc(C2=NCC(c3cc(C(F)(F)F)cc(C(F)(F)F)c3)(C(F)(F)F)C2)ccc1C(=O)CC1CS(=O)C1. The van der Waals surface area contributed by atoms with Gasteiger partial charge in [-0.25, -0.2) is 0 Å². The molecule has 1 atom stereocenters. The Hall–Kier alpha value is -2.70. The highest BCUT2D eigenvalue weighted by atomic mass is 32.2. The first-order valence-corrected chi connectivity index (χ1v) is 12.8. The molecule has 38 heavy (non-hydrogen) atoms. The lowest BCUT2D eigenvalue weighted by Gasteiger charge is -2.32. The number of aryl methyl sites for hydroxylation is 1. The molecule has 13 heteroatoms. The Bertz CT molecular complexity index is 1290. The van der Waals surface area contributed by atoms with E-state index in [4.69, 9.17) is 0 Å². The van der Waals surface area contributed by atoms with Gasteiger partial charge in [-0.1, -0.05) is 12.1 Å². The monoisotopic (exact) mass is 569 g/mol. The topological polar surface area (TPSA) is 46.5 Å². The molecule has 3 nitrogen and oxygen atoms in total. The van der Waals surface area contributed by atoms with Crippen molar-refractivity contribution in [2.45, 2.75) is 43.7 Å². The molecule has 1 fully saturated rings. The summed E-state index contributed by atoms with van der Waals surface area (Å²) < 4.78 is 134. The summed E-state index contributed by atoms with van der Waals surface area (Å²) >= 11 is 0. The summed E-state index contributed by atoms with van der Waals surface area (Å²) in [6, 6.07) is 4.17. The number of benzene rings is 2. The summed E-state index contributed by atoms with van der Waals surface area (Å²) in [6.45, 7) is 0.466. The van der Waals surface area contributed by atoms with Gasteiger partial charge >= 0.3 is 18.5 Å². The lowest BCUT2D eigenvalue weighted by Crippen LogP contribution is -2.44. The number of aliphatic imine (C=N–C) groups is 1. The maximum atomic E-state index is 14.4. The average Bonchev–Trinajstić information content (AvgIpc) is 3.23. The van der Waals surface area contributed by atoms with Gasteiger partial charge in [0.15, 0.2) is 5.78 Å². The van der Waals surface area contributed by atoms with Crippen LogP contribution in [0.2, 0.25) is 0 Å². The quantitative estimate of drug-likeness (QED) is 0.298. The van der Waals surface area contributed by atoms with E-state index < -0.39 is 64.4 Å². The van der Waals surface area contributed by atoms with Gasteiger partial charge in [-0.3, -0.25) is 14.0 Å². The highest BCUT2D eigenvalue weighted by molar-refractivity contribution is 7.86. The van der Waals surface area contributed by atoms with E-state index in [1.807, 2.05) is 0 Å². The number of hydrogen-bond donors (Lipinski definition) is 0. The minimum absolute atomic E-state index is 0.0110. The molecule has 1 unspecified atom stereocenters. The Kier molecular flexibility index (Phi) is 7.07. The summed E-state index contributed by atoms with van der Waals surface area (Å²) in [5.41, 5.74) is -7.18. The van der Waals surface area contributed by atoms with Crippen LogP contribution in [0.15, 0.2) is 41.4 Å². The molecule has 4 rings (SSSR count). The maximum absolute atomic E-state index is 14.4. The smallest absolute Gasteiger partial charge is 0.294 e. The van der Waals surface area contributed by atoms with Crippen molar-refractivity contribution in [3.05, 3.63) is 69.8 Å². The van der Waals surface area contributed by atoms with Crippen LogP contribution in [0.1, 0.15) is 51.0 Å². The molecular formula is C25H20F9NO2S. The molecule has 0 N–H and O–H groups in total. The van der Waals surface area contributed by atoms with Crippen LogP contribution in [0.3, 0.4) is 0 Å². The zero-order chi connectivity index (χ0) is 28.3. The van der Waals surface area contributed by atoms with Crippen molar-refractivity contribution in [1.29, 1.82) is 0 Å². The number of carbonyl (C=O) groups excluding carboxylic acids is 1. The third-order valence-electron chi connectivity index (χ3n) is 6.87. The summed E-state index contributed by atoms with van der Waals surface area (Å²) in [6.07, 6.45) is -16.6. The van der Waals surface area contributed by atoms with Crippen LogP contribution in [-0.4, -0.2) is 39.9 Å². The molecule has 0 spiro atoms. The van der Waals surface area contributed by atoms with E-state index in [0.717, 1.165) is 0 Å². The predicted octanol–water partition coefficient (Wildman–Crippen LogP) is 6.68. The fraction of sp³-hybridized carbons (Fsp3) is 0.440. The average molecular weight is 569 g/mol. The highest BCUT2D eigenvalue weighted by Gasteiger charge is 2.59. The van der Waals surface area contributed by atoms with Crippen molar-refractivity contribution in [3.63, 3.8) is 0 Å². The zero-order valence-electron chi connectivity index (χ0n) is 19.7. The van der Waals surface area contributed by atoms with Crippen molar-refractivity contribution < 1.29 is 48.5 Å². The third-order valence-corrected chi connectivity index (χ3v) is 8.56. The van der Waals surface area contributed by atoms with E-state index in [1.54, 1.807) is 6.92 Å². The molecule has 0 aromatic heterocycles. The van der Waals surface area contributed by atoms with Crippen LogP contribution in [0.25, 0.3) is 0 Å². The van der Waals surface area contributed by atoms with E-state index in [0.29, 0.717) is 22.6 Å². The molecule has 0 saturated carbocycles. The van der Waals surface area contributed by atoms with Crippen LogP contribution in [0.5, 0.6) is 0 Å². The first-order chi connectivity index (χ1) is 17.4. The molecule has 0 radical (unpaired) electrons. The van der Waals surface area contributed by atoms with Gasteiger partial charge in [0.2, 0.25) is 0 Å². The first kappa shape index (κ1) is 28.3. The largest absolute Gasteiger partial charge is 0.416 e. The van der Waals surface area contributed by atoms with Crippen molar-refractivity contribution in [2.75, 3.05) is 18.1 Å². The molecule has 2 aromatic rings. The fourth-order valence-corrected chi connectivity index (χ4v) is 5.91. The third kappa shape index (κ3) is 5.39. The zero-order valence-corrected chi connectivity index (χ0v) is 20.5. The van der Waals surface area contributed by atoms with Gasteiger partial charge in [-0.05, 0) is 53.8 Å². The second-order valence-electron chi connectivity index (χ2n) is 9.61. The number of nitrogens with zero attached hydrogens (tertiary/aromatic N) is 1. The Morgan fingerprint density at radius 1 is 0.947 bits per heavy atom. The van der Waals surface area contributed by atoms with Crippen LogP contribution >= 0.6 is 0 Å². The summed E-state index contributed by atoms with van der Waals surface area (Å²) in [7, 11) is -0.934. The first-order valence-electron chi connectivity index (χ1n) is 11.3. The molecule has 2 heterocycles. The predicted molar refractivity (Wildman–Crippen MR) is 122 cm³/mol. The highest BCUT2D eigenvalue weighted by Crippen LogP contribution is 2.50. The van der Waals surface area contributed by atoms with Crippen LogP contribution in [0.4, 0.5) is 39.5 Å². The number of halogens is 9. The number of hydrogen-bond acceptors (Lipinski definition) is 3. The van der Waals surface area contributed by atoms with Gasteiger partial charge in [0, 0.05) is 46.4 Å². The molecule has 2 aliphatic heterocycles. The number of alkyl halides is 9. The van der Waals surface area contributed by atoms with Gasteiger partial charge in [0.1, 0.15) is 5.41 Å². The number of Topliss-reactive ketones (excluding diaryl/α,β-unsaturated/α-hetero) is 1. The van der Waals surface area contributed by atoms with Crippen LogP contribution < -0.4 is 0 Å². The maximum Gasteiger partial charge on any atom is 0.416 e. The number of ketones is 1. The summed E-state index contributed by atoms with van der Waals surface area (Å²) in [5, 5.41) is 0. The lowest BCUT2D eigenvalue weighted by atomic mass is 9.75. The lowest BCUT2D eigenvalue weighted by molar-refractivity contribution is -0.184.